The van der Waals surface area contributed by atoms with Crippen LogP contribution in [0.3, 0.4) is 0 Å². The number of anilines is 1. The van der Waals surface area contributed by atoms with Crippen molar-refractivity contribution in [2.24, 2.45) is 0 Å². The standard InChI is InChI=1S/C18H21FN2O/c1-13-4-7-15(8-5-13)11-21(3)12-18(22)20-17-10-16(19)9-6-14(17)2/h4-10H,11-12H2,1-3H3,(H,20,22). The normalized spacial score (nSPS) is 10.8. The number of hydrogen-bond acceptors (Lipinski definition) is 2. The van der Waals surface area contributed by atoms with Gasteiger partial charge in [0.25, 0.3) is 0 Å². The molecule has 0 radical (unpaired) electrons. The van der Waals surface area contributed by atoms with E-state index < -0.39 is 0 Å². The summed E-state index contributed by atoms with van der Waals surface area (Å²) in [7, 11) is 1.89. The van der Waals surface area contributed by atoms with E-state index >= 15 is 0 Å². The highest BCUT2D eigenvalue weighted by atomic mass is 19.1. The fourth-order valence-electron chi connectivity index (χ4n) is 2.22. The fourth-order valence-corrected chi connectivity index (χ4v) is 2.22. The predicted octanol–water partition coefficient (Wildman–Crippen LogP) is 3.51. The number of rotatable bonds is 5. The Balaban J connectivity index is 1.91. The van der Waals surface area contributed by atoms with Gasteiger partial charge in [-0.1, -0.05) is 35.9 Å². The van der Waals surface area contributed by atoms with Crippen LogP contribution in [0.25, 0.3) is 0 Å². The molecule has 0 spiro atoms. The van der Waals surface area contributed by atoms with Gasteiger partial charge < -0.3 is 5.32 Å². The molecular formula is C18H21FN2O. The largest absolute Gasteiger partial charge is 0.325 e. The summed E-state index contributed by atoms with van der Waals surface area (Å²) in [4.78, 5) is 14.0. The van der Waals surface area contributed by atoms with Crippen molar-refractivity contribution in [3.63, 3.8) is 0 Å². The van der Waals surface area contributed by atoms with E-state index in [1.807, 2.05) is 25.8 Å². The Bertz CT molecular complexity index is 653. The lowest BCUT2D eigenvalue weighted by atomic mass is 10.1. The molecule has 22 heavy (non-hydrogen) atoms. The number of halogens is 1. The lowest BCUT2D eigenvalue weighted by molar-refractivity contribution is -0.117. The molecule has 0 saturated heterocycles. The molecule has 0 atom stereocenters. The minimum absolute atomic E-state index is 0.150. The number of hydrogen-bond donors (Lipinski definition) is 1. The van der Waals surface area contributed by atoms with E-state index in [1.54, 1.807) is 6.07 Å². The summed E-state index contributed by atoms with van der Waals surface area (Å²) >= 11 is 0. The molecule has 2 rings (SSSR count). The second-order valence-corrected chi connectivity index (χ2v) is 5.67. The van der Waals surface area contributed by atoms with E-state index in [4.69, 9.17) is 0 Å². The number of amides is 1. The average molecular weight is 300 g/mol. The summed E-state index contributed by atoms with van der Waals surface area (Å²) in [6.07, 6.45) is 0. The van der Waals surface area contributed by atoms with Gasteiger partial charge in [0, 0.05) is 12.2 Å². The fraction of sp³-hybridized carbons (Fsp3) is 0.278. The van der Waals surface area contributed by atoms with Gasteiger partial charge in [-0.3, -0.25) is 9.69 Å². The quantitative estimate of drug-likeness (QED) is 0.916. The lowest BCUT2D eigenvalue weighted by Gasteiger charge is -2.17. The Morgan fingerprint density at radius 2 is 1.82 bits per heavy atom. The van der Waals surface area contributed by atoms with Crippen molar-refractivity contribution >= 4 is 11.6 Å². The highest BCUT2D eigenvalue weighted by Crippen LogP contribution is 2.16. The molecule has 0 aliphatic heterocycles. The number of carbonyl (C=O) groups excluding carboxylic acids is 1. The minimum Gasteiger partial charge on any atom is -0.325 e. The molecule has 0 aromatic heterocycles. The summed E-state index contributed by atoms with van der Waals surface area (Å²) in [5.74, 6) is -0.503. The van der Waals surface area contributed by atoms with Crippen molar-refractivity contribution in [2.45, 2.75) is 20.4 Å². The van der Waals surface area contributed by atoms with Crippen LogP contribution >= 0.6 is 0 Å². The van der Waals surface area contributed by atoms with Crippen LogP contribution in [-0.4, -0.2) is 24.4 Å². The molecular weight excluding hydrogens is 279 g/mol. The molecule has 0 aliphatic carbocycles. The molecule has 3 nitrogen and oxygen atoms in total. The first-order valence-corrected chi connectivity index (χ1v) is 7.24. The highest BCUT2D eigenvalue weighted by molar-refractivity contribution is 5.92. The summed E-state index contributed by atoms with van der Waals surface area (Å²) in [6.45, 7) is 4.83. The van der Waals surface area contributed by atoms with E-state index in [2.05, 4.69) is 29.6 Å². The van der Waals surface area contributed by atoms with Crippen LogP contribution < -0.4 is 5.32 Å². The van der Waals surface area contributed by atoms with Crippen molar-refractivity contribution in [1.29, 1.82) is 0 Å². The molecule has 2 aromatic rings. The van der Waals surface area contributed by atoms with Crippen LogP contribution in [0.2, 0.25) is 0 Å². The highest BCUT2D eigenvalue weighted by Gasteiger charge is 2.09. The van der Waals surface area contributed by atoms with Crippen molar-refractivity contribution in [1.82, 2.24) is 4.90 Å². The molecule has 1 amide bonds. The number of nitrogens with zero attached hydrogens (tertiary/aromatic N) is 1. The maximum absolute atomic E-state index is 13.2. The van der Waals surface area contributed by atoms with Crippen molar-refractivity contribution < 1.29 is 9.18 Å². The Labute approximate surface area is 130 Å². The second-order valence-electron chi connectivity index (χ2n) is 5.67. The van der Waals surface area contributed by atoms with Crippen molar-refractivity contribution in [3.05, 3.63) is 65.0 Å². The molecule has 116 valence electrons. The van der Waals surface area contributed by atoms with Crippen LogP contribution in [-0.2, 0) is 11.3 Å². The van der Waals surface area contributed by atoms with E-state index in [0.717, 1.165) is 11.1 Å². The molecule has 0 heterocycles. The topological polar surface area (TPSA) is 32.3 Å². The first-order chi connectivity index (χ1) is 10.4. The Kier molecular flexibility index (Phi) is 5.28. The lowest BCUT2D eigenvalue weighted by Crippen LogP contribution is -2.30. The zero-order valence-corrected chi connectivity index (χ0v) is 13.2. The summed E-state index contributed by atoms with van der Waals surface area (Å²) in [5.41, 5.74) is 3.73. The zero-order chi connectivity index (χ0) is 16.1. The number of carbonyl (C=O) groups is 1. The zero-order valence-electron chi connectivity index (χ0n) is 13.2. The van der Waals surface area contributed by atoms with Crippen molar-refractivity contribution in [3.8, 4) is 0 Å². The molecule has 0 fully saturated rings. The van der Waals surface area contributed by atoms with E-state index in [9.17, 15) is 9.18 Å². The van der Waals surface area contributed by atoms with Crippen LogP contribution in [0.1, 0.15) is 16.7 Å². The molecule has 0 bridgehead atoms. The molecule has 2 aromatic carbocycles. The van der Waals surface area contributed by atoms with Crippen LogP contribution in [0.5, 0.6) is 0 Å². The van der Waals surface area contributed by atoms with Gasteiger partial charge in [-0.15, -0.1) is 0 Å². The van der Waals surface area contributed by atoms with Crippen molar-refractivity contribution in [2.75, 3.05) is 18.9 Å². The van der Waals surface area contributed by atoms with Gasteiger partial charge in [-0.05, 0) is 44.2 Å². The van der Waals surface area contributed by atoms with Crippen LogP contribution in [0.15, 0.2) is 42.5 Å². The number of aryl methyl sites for hydroxylation is 2. The van der Waals surface area contributed by atoms with Crippen LogP contribution in [0, 0.1) is 19.7 Å². The predicted molar refractivity (Wildman–Crippen MR) is 87.3 cm³/mol. The third-order valence-electron chi connectivity index (χ3n) is 3.46. The summed E-state index contributed by atoms with van der Waals surface area (Å²) in [5, 5.41) is 2.76. The smallest absolute Gasteiger partial charge is 0.238 e. The van der Waals surface area contributed by atoms with E-state index in [-0.39, 0.29) is 18.3 Å². The third kappa shape index (κ3) is 4.67. The third-order valence-corrected chi connectivity index (χ3v) is 3.46. The number of benzene rings is 2. The molecule has 0 aliphatic rings. The van der Waals surface area contributed by atoms with Gasteiger partial charge in [-0.25, -0.2) is 4.39 Å². The van der Waals surface area contributed by atoms with Gasteiger partial charge in [0.15, 0.2) is 0 Å². The van der Waals surface area contributed by atoms with Gasteiger partial charge in [0.2, 0.25) is 5.91 Å². The second kappa shape index (κ2) is 7.18. The molecule has 1 N–H and O–H groups in total. The Morgan fingerprint density at radius 1 is 1.14 bits per heavy atom. The maximum Gasteiger partial charge on any atom is 0.238 e. The van der Waals surface area contributed by atoms with Gasteiger partial charge in [0.1, 0.15) is 5.82 Å². The number of nitrogens with one attached hydrogen (secondary N) is 1. The molecule has 0 unspecified atom stereocenters. The van der Waals surface area contributed by atoms with E-state index in [1.165, 1.54) is 17.7 Å². The number of likely N-dealkylation sites (N-methyl/N-ethyl adjacent to an activating group) is 1. The average Bonchev–Trinajstić information content (AvgIpc) is 2.45. The van der Waals surface area contributed by atoms with E-state index in [0.29, 0.717) is 12.2 Å². The SMILES string of the molecule is Cc1ccc(CN(C)CC(=O)Nc2cc(F)ccc2C)cc1. The van der Waals surface area contributed by atoms with Gasteiger partial charge in [0.05, 0.1) is 6.54 Å². The first-order valence-electron chi connectivity index (χ1n) is 7.24. The summed E-state index contributed by atoms with van der Waals surface area (Å²) < 4.78 is 13.2. The minimum atomic E-state index is -0.353. The maximum atomic E-state index is 13.2. The Hall–Kier alpha value is -2.20. The summed E-state index contributed by atoms with van der Waals surface area (Å²) in [6, 6.07) is 12.6. The molecule has 0 saturated carbocycles. The monoisotopic (exact) mass is 300 g/mol. The van der Waals surface area contributed by atoms with Gasteiger partial charge >= 0.3 is 0 Å². The first kappa shape index (κ1) is 16.2. The van der Waals surface area contributed by atoms with Crippen LogP contribution in [0.4, 0.5) is 10.1 Å². The van der Waals surface area contributed by atoms with Gasteiger partial charge in [-0.2, -0.15) is 0 Å². The Morgan fingerprint density at radius 3 is 2.50 bits per heavy atom. The molecule has 4 heteroatoms.